The molecule has 86 valence electrons. The van der Waals surface area contributed by atoms with Crippen LogP contribution in [-0.2, 0) is 4.79 Å². The van der Waals surface area contributed by atoms with E-state index in [4.69, 9.17) is 10.2 Å². The molecule has 1 heterocycles. The lowest BCUT2D eigenvalue weighted by Gasteiger charge is -2.27. The van der Waals surface area contributed by atoms with Gasteiger partial charge in [-0.1, -0.05) is 0 Å². The number of urea groups is 1. The Labute approximate surface area is 91.6 Å². The van der Waals surface area contributed by atoms with Gasteiger partial charge < -0.3 is 20.4 Å². The van der Waals surface area contributed by atoms with Crippen LogP contribution in [0, 0.1) is 0 Å². The molecule has 1 fully saturated rings. The summed E-state index contributed by atoms with van der Waals surface area (Å²) in [6, 6.07) is -1.64. The Hall–Kier alpha value is -0.950. The fraction of sp³-hybridized carbons (Fsp3) is 0.750. The summed E-state index contributed by atoms with van der Waals surface area (Å²) in [5.74, 6) is 0.506. The van der Waals surface area contributed by atoms with Gasteiger partial charge in [-0.05, 0) is 0 Å². The van der Waals surface area contributed by atoms with Gasteiger partial charge in [0.1, 0.15) is 0 Å². The molecule has 0 aromatic carbocycles. The van der Waals surface area contributed by atoms with E-state index >= 15 is 0 Å². The number of aliphatic hydroxyl groups is 1. The topological polar surface area (TPSA) is 89.9 Å². The molecule has 0 saturated carbocycles. The zero-order chi connectivity index (χ0) is 11.3. The maximum absolute atomic E-state index is 11.5. The molecular formula is C8H14N2O4S. The number of nitrogens with one attached hydrogen (secondary N) is 1. The summed E-state index contributed by atoms with van der Waals surface area (Å²) < 4.78 is 0. The lowest BCUT2D eigenvalue weighted by atomic mass is 10.3. The lowest BCUT2D eigenvalue weighted by molar-refractivity contribution is -0.140. The first-order valence-electron chi connectivity index (χ1n) is 4.62. The fourth-order valence-electron chi connectivity index (χ4n) is 1.19. The van der Waals surface area contributed by atoms with Crippen LogP contribution < -0.4 is 5.32 Å². The molecule has 6 nitrogen and oxygen atoms in total. The minimum absolute atomic E-state index is 0.420. The number of carboxylic acid groups (broad SMARTS) is 1. The zero-order valence-corrected chi connectivity index (χ0v) is 9.00. The molecule has 0 radical (unpaired) electrons. The van der Waals surface area contributed by atoms with Crippen molar-refractivity contribution in [3.8, 4) is 0 Å². The molecular weight excluding hydrogens is 220 g/mol. The minimum atomic E-state index is -1.22. The molecule has 3 N–H and O–H groups in total. The number of amides is 2. The summed E-state index contributed by atoms with van der Waals surface area (Å²) in [5.41, 5.74) is 0. The number of nitrogens with zero attached hydrogens (tertiary/aromatic N) is 1. The van der Waals surface area contributed by atoms with E-state index in [1.54, 1.807) is 16.7 Å². The number of rotatable bonds is 3. The van der Waals surface area contributed by atoms with Crippen molar-refractivity contribution in [2.45, 2.75) is 6.04 Å². The van der Waals surface area contributed by atoms with E-state index in [0.717, 1.165) is 11.5 Å². The van der Waals surface area contributed by atoms with Crippen LogP contribution in [0.15, 0.2) is 0 Å². The first-order valence-corrected chi connectivity index (χ1v) is 5.77. The molecule has 0 aromatic rings. The van der Waals surface area contributed by atoms with Crippen molar-refractivity contribution in [3.05, 3.63) is 0 Å². The standard InChI is InChI=1S/C8H14N2O4S/c11-5-6(7(12)13)9-8(14)10-1-3-15-4-2-10/h6,11H,1-5H2,(H,9,14)(H,12,13)/t6-/m0/s1. The lowest BCUT2D eigenvalue weighted by Crippen LogP contribution is -2.51. The van der Waals surface area contributed by atoms with E-state index in [9.17, 15) is 9.59 Å². The molecule has 0 spiro atoms. The average Bonchev–Trinajstić information content (AvgIpc) is 2.26. The number of aliphatic hydroxyl groups excluding tert-OH is 1. The second-order valence-corrected chi connectivity index (χ2v) is 4.35. The van der Waals surface area contributed by atoms with Gasteiger partial charge in [0.05, 0.1) is 6.61 Å². The van der Waals surface area contributed by atoms with Crippen molar-refractivity contribution in [1.82, 2.24) is 10.2 Å². The van der Waals surface area contributed by atoms with Gasteiger partial charge in [-0.2, -0.15) is 11.8 Å². The number of carbonyl (C=O) groups excluding carboxylic acids is 1. The average molecular weight is 234 g/mol. The van der Waals surface area contributed by atoms with E-state index in [2.05, 4.69) is 5.32 Å². The largest absolute Gasteiger partial charge is 0.480 e. The predicted octanol–water partition coefficient (Wildman–Crippen LogP) is -0.810. The van der Waals surface area contributed by atoms with Crippen LogP contribution in [-0.4, -0.2) is 64.4 Å². The molecule has 1 saturated heterocycles. The number of hydrogen-bond acceptors (Lipinski definition) is 4. The maximum Gasteiger partial charge on any atom is 0.328 e. The molecule has 0 unspecified atom stereocenters. The van der Waals surface area contributed by atoms with E-state index in [1.165, 1.54) is 0 Å². The van der Waals surface area contributed by atoms with Gasteiger partial charge in [-0.3, -0.25) is 0 Å². The van der Waals surface area contributed by atoms with Gasteiger partial charge in [0, 0.05) is 24.6 Å². The minimum Gasteiger partial charge on any atom is -0.480 e. The van der Waals surface area contributed by atoms with Crippen LogP contribution in [0.25, 0.3) is 0 Å². The summed E-state index contributed by atoms with van der Waals surface area (Å²) >= 11 is 1.76. The van der Waals surface area contributed by atoms with E-state index in [-0.39, 0.29) is 0 Å². The molecule has 0 aliphatic carbocycles. The van der Waals surface area contributed by atoms with Gasteiger partial charge >= 0.3 is 12.0 Å². The van der Waals surface area contributed by atoms with Crippen LogP contribution in [0.1, 0.15) is 0 Å². The predicted molar refractivity (Wildman–Crippen MR) is 55.9 cm³/mol. The van der Waals surface area contributed by atoms with E-state index in [1.807, 2.05) is 0 Å². The number of thioether (sulfide) groups is 1. The quantitative estimate of drug-likeness (QED) is 0.594. The Balaban J connectivity index is 2.42. The van der Waals surface area contributed by atoms with Crippen molar-refractivity contribution in [3.63, 3.8) is 0 Å². The highest BCUT2D eigenvalue weighted by atomic mass is 32.2. The first-order chi connectivity index (χ1) is 7.15. The van der Waals surface area contributed by atoms with Crippen molar-refractivity contribution in [2.75, 3.05) is 31.2 Å². The molecule has 1 aliphatic heterocycles. The van der Waals surface area contributed by atoms with Crippen LogP contribution in [0.2, 0.25) is 0 Å². The molecule has 1 rings (SSSR count). The highest BCUT2D eigenvalue weighted by Gasteiger charge is 2.23. The van der Waals surface area contributed by atoms with Crippen molar-refractivity contribution >= 4 is 23.8 Å². The summed E-state index contributed by atoms with van der Waals surface area (Å²) in [7, 11) is 0. The Kier molecular flexibility index (Phi) is 4.70. The molecule has 7 heteroatoms. The Bertz CT molecular complexity index is 243. The zero-order valence-electron chi connectivity index (χ0n) is 8.18. The number of carbonyl (C=O) groups is 2. The van der Waals surface area contributed by atoms with Crippen molar-refractivity contribution in [2.24, 2.45) is 0 Å². The summed E-state index contributed by atoms with van der Waals surface area (Å²) in [6.07, 6.45) is 0. The normalized spacial score (nSPS) is 18.3. The second kappa shape index (κ2) is 5.82. The molecule has 2 amide bonds. The smallest absolute Gasteiger partial charge is 0.328 e. The SMILES string of the molecule is O=C(O)[C@H](CO)NC(=O)N1CCSCC1. The fourth-order valence-corrected chi connectivity index (χ4v) is 2.10. The number of hydrogen-bond donors (Lipinski definition) is 3. The third kappa shape index (κ3) is 3.60. The van der Waals surface area contributed by atoms with Gasteiger partial charge in [-0.15, -0.1) is 0 Å². The van der Waals surface area contributed by atoms with Gasteiger partial charge in [0.25, 0.3) is 0 Å². The van der Waals surface area contributed by atoms with Crippen LogP contribution >= 0.6 is 11.8 Å². The third-order valence-electron chi connectivity index (χ3n) is 2.08. The Morgan fingerprint density at radius 3 is 2.47 bits per heavy atom. The first kappa shape index (κ1) is 12.1. The highest BCUT2D eigenvalue weighted by Crippen LogP contribution is 2.08. The Morgan fingerprint density at radius 1 is 1.40 bits per heavy atom. The van der Waals surface area contributed by atoms with E-state index in [0.29, 0.717) is 13.1 Å². The van der Waals surface area contributed by atoms with Crippen LogP contribution in [0.3, 0.4) is 0 Å². The van der Waals surface area contributed by atoms with Gasteiger partial charge in [0.15, 0.2) is 6.04 Å². The van der Waals surface area contributed by atoms with Gasteiger partial charge in [0.2, 0.25) is 0 Å². The second-order valence-electron chi connectivity index (χ2n) is 3.12. The molecule has 0 aromatic heterocycles. The molecule has 0 bridgehead atoms. The summed E-state index contributed by atoms with van der Waals surface area (Å²) in [5, 5.41) is 19.6. The maximum atomic E-state index is 11.5. The molecule has 1 atom stereocenters. The number of carboxylic acids is 1. The van der Waals surface area contributed by atoms with E-state index < -0.39 is 24.6 Å². The van der Waals surface area contributed by atoms with Crippen LogP contribution in [0.5, 0.6) is 0 Å². The summed E-state index contributed by atoms with van der Waals surface area (Å²) in [6.45, 7) is 0.645. The summed E-state index contributed by atoms with van der Waals surface area (Å²) in [4.78, 5) is 23.6. The highest BCUT2D eigenvalue weighted by molar-refractivity contribution is 7.99. The van der Waals surface area contributed by atoms with Crippen molar-refractivity contribution < 1.29 is 19.8 Å². The number of aliphatic carboxylic acids is 1. The third-order valence-corrected chi connectivity index (χ3v) is 3.02. The Morgan fingerprint density at radius 2 is 2.00 bits per heavy atom. The van der Waals surface area contributed by atoms with Crippen LogP contribution in [0.4, 0.5) is 4.79 Å². The molecule has 1 aliphatic rings. The molecule has 15 heavy (non-hydrogen) atoms. The van der Waals surface area contributed by atoms with Gasteiger partial charge in [-0.25, -0.2) is 9.59 Å². The monoisotopic (exact) mass is 234 g/mol. The van der Waals surface area contributed by atoms with Crippen molar-refractivity contribution in [1.29, 1.82) is 0 Å².